The molecule has 1 aliphatic rings. The van der Waals surface area contributed by atoms with Crippen LogP contribution in [-0.4, -0.2) is 46.2 Å². The third kappa shape index (κ3) is 5.60. The fourth-order valence-corrected chi connectivity index (χ4v) is 2.50. The van der Waals surface area contributed by atoms with Gasteiger partial charge in [-0.25, -0.2) is 9.59 Å². The van der Waals surface area contributed by atoms with E-state index in [0.717, 1.165) is 0 Å². The highest BCUT2D eigenvalue weighted by Crippen LogP contribution is 2.19. The molecular weight excluding hydrogens is 386 g/mol. The molecular formula is C18H19N3O8. The van der Waals surface area contributed by atoms with Gasteiger partial charge in [0.2, 0.25) is 0 Å². The molecule has 0 aliphatic carbocycles. The van der Waals surface area contributed by atoms with E-state index in [-0.39, 0.29) is 25.6 Å². The number of ether oxygens (including phenoxy) is 4. The van der Waals surface area contributed by atoms with Crippen molar-refractivity contribution in [2.45, 2.75) is 26.0 Å². The maximum atomic E-state index is 12.1. The van der Waals surface area contributed by atoms with Crippen molar-refractivity contribution in [1.29, 1.82) is 0 Å². The van der Waals surface area contributed by atoms with E-state index >= 15 is 0 Å². The molecule has 154 valence electrons. The van der Waals surface area contributed by atoms with E-state index in [4.69, 9.17) is 24.1 Å². The van der Waals surface area contributed by atoms with E-state index in [0.29, 0.717) is 11.3 Å². The number of aliphatic hydroxyl groups excluding tert-OH is 1. The van der Waals surface area contributed by atoms with Gasteiger partial charge in [0.25, 0.3) is 0 Å². The molecule has 1 fully saturated rings. The number of anilines is 1. The van der Waals surface area contributed by atoms with Crippen LogP contribution in [0.4, 0.5) is 10.6 Å². The number of nitrogens with one attached hydrogen (secondary N) is 1. The Morgan fingerprint density at radius 2 is 2.07 bits per heavy atom. The van der Waals surface area contributed by atoms with Crippen LogP contribution < -0.4 is 15.7 Å². The molecule has 1 aliphatic heterocycles. The molecule has 2 N–H and O–H groups in total. The van der Waals surface area contributed by atoms with Crippen molar-refractivity contribution >= 4 is 17.9 Å². The number of nitrogens with zero attached hydrogens (tertiary/aromatic N) is 2. The number of aliphatic hydroxyl groups is 1. The quantitative estimate of drug-likeness (QED) is 0.527. The second kappa shape index (κ2) is 9.28. The predicted octanol–water partition coefficient (Wildman–Crippen LogP) is 0.781. The van der Waals surface area contributed by atoms with E-state index in [1.807, 2.05) is 0 Å². The number of amides is 1. The monoisotopic (exact) mass is 405 g/mol. The van der Waals surface area contributed by atoms with Crippen LogP contribution in [0.1, 0.15) is 18.7 Å². The Bertz CT molecular complexity index is 927. The standard InChI is InChI=1S/C18H19N3O8/c1-11(23)28-13-4-2-12(3-5-13)9-27-18(25)20-14-6-7-21(17(24)19-14)15-10-26-16(8-22)29-15/h2-7,15-16,22H,8-10H2,1H3,(H,19,20,24,25). The maximum absolute atomic E-state index is 12.1. The number of carbonyl (C=O) groups excluding carboxylic acids is 2. The minimum Gasteiger partial charge on any atom is -0.444 e. The molecule has 0 saturated carbocycles. The summed E-state index contributed by atoms with van der Waals surface area (Å²) in [5, 5.41) is 11.4. The predicted molar refractivity (Wildman–Crippen MR) is 97.0 cm³/mol. The number of carbonyl (C=O) groups is 2. The lowest BCUT2D eigenvalue weighted by molar-refractivity contribution is -0.131. The number of esters is 1. The number of hydrogen-bond donors (Lipinski definition) is 2. The van der Waals surface area contributed by atoms with Crippen molar-refractivity contribution in [3.05, 3.63) is 52.6 Å². The first kappa shape index (κ1) is 20.5. The third-order valence-electron chi connectivity index (χ3n) is 3.81. The van der Waals surface area contributed by atoms with Crippen molar-refractivity contribution < 1.29 is 33.6 Å². The molecule has 2 unspecified atom stereocenters. The number of hydrogen-bond acceptors (Lipinski definition) is 9. The van der Waals surface area contributed by atoms with Gasteiger partial charge in [-0.15, -0.1) is 0 Å². The lowest BCUT2D eigenvalue weighted by Gasteiger charge is -2.13. The highest BCUT2D eigenvalue weighted by molar-refractivity contribution is 5.83. The van der Waals surface area contributed by atoms with Gasteiger partial charge in [0.15, 0.2) is 12.5 Å². The van der Waals surface area contributed by atoms with Crippen molar-refractivity contribution in [2.75, 3.05) is 18.5 Å². The first-order chi connectivity index (χ1) is 13.9. The van der Waals surface area contributed by atoms with Gasteiger partial charge in [0, 0.05) is 13.1 Å². The zero-order valence-corrected chi connectivity index (χ0v) is 15.4. The van der Waals surface area contributed by atoms with Crippen LogP contribution in [0, 0.1) is 0 Å². The first-order valence-corrected chi connectivity index (χ1v) is 8.63. The molecule has 1 aromatic heterocycles. The Balaban J connectivity index is 1.52. The summed E-state index contributed by atoms with van der Waals surface area (Å²) in [4.78, 5) is 38.7. The van der Waals surface area contributed by atoms with Gasteiger partial charge < -0.3 is 24.1 Å². The SMILES string of the molecule is CC(=O)Oc1ccc(COC(=O)Nc2ccn(C3COC(CO)O3)c(=O)n2)cc1. The minimum atomic E-state index is -0.792. The molecule has 1 amide bonds. The van der Waals surface area contributed by atoms with Gasteiger partial charge in [0.05, 0.1) is 13.2 Å². The lowest BCUT2D eigenvalue weighted by Crippen LogP contribution is -2.29. The molecule has 0 bridgehead atoms. The van der Waals surface area contributed by atoms with Crippen LogP contribution in [0.2, 0.25) is 0 Å². The Labute approximate surface area is 164 Å². The Morgan fingerprint density at radius 1 is 1.31 bits per heavy atom. The molecule has 2 atom stereocenters. The second-order valence-corrected chi connectivity index (χ2v) is 5.98. The summed E-state index contributed by atoms with van der Waals surface area (Å²) in [6.07, 6.45) is -0.891. The van der Waals surface area contributed by atoms with Crippen LogP contribution in [0.5, 0.6) is 5.75 Å². The average Bonchev–Trinajstić information content (AvgIpc) is 3.16. The minimum absolute atomic E-state index is 0.0130. The summed E-state index contributed by atoms with van der Waals surface area (Å²) < 4.78 is 21.7. The Hall–Kier alpha value is -3.28. The zero-order valence-electron chi connectivity index (χ0n) is 15.4. The van der Waals surface area contributed by atoms with E-state index in [2.05, 4.69) is 10.3 Å². The van der Waals surface area contributed by atoms with Crippen LogP contribution >= 0.6 is 0 Å². The van der Waals surface area contributed by atoms with Crippen LogP contribution in [0.25, 0.3) is 0 Å². The topological polar surface area (TPSA) is 138 Å². The number of benzene rings is 1. The zero-order chi connectivity index (χ0) is 20.8. The van der Waals surface area contributed by atoms with Gasteiger partial charge in [-0.1, -0.05) is 12.1 Å². The smallest absolute Gasteiger partial charge is 0.413 e. The highest BCUT2D eigenvalue weighted by atomic mass is 16.7. The van der Waals surface area contributed by atoms with E-state index < -0.39 is 30.3 Å². The summed E-state index contributed by atoms with van der Waals surface area (Å²) in [6.45, 7) is 1.04. The van der Waals surface area contributed by atoms with E-state index in [1.165, 1.54) is 23.8 Å². The summed E-state index contributed by atoms with van der Waals surface area (Å²) in [7, 11) is 0. The van der Waals surface area contributed by atoms with Gasteiger partial charge in [-0.05, 0) is 23.8 Å². The third-order valence-corrected chi connectivity index (χ3v) is 3.81. The maximum Gasteiger partial charge on any atom is 0.413 e. The second-order valence-electron chi connectivity index (χ2n) is 5.98. The molecule has 29 heavy (non-hydrogen) atoms. The average molecular weight is 405 g/mol. The largest absolute Gasteiger partial charge is 0.444 e. The lowest BCUT2D eigenvalue weighted by atomic mass is 10.2. The molecule has 1 saturated heterocycles. The molecule has 11 heteroatoms. The summed E-state index contributed by atoms with van der Waals surface area (Å²) in [5.41, 5.74) is 0.0206. The van der Waals surface area contributed by atoms with E-state index in [1.54, 1.807) is 24.3 Å². The Morgan fingerprint density at radius 3 is 2.69 bits per heavy atom. The van der Waals surface area contributed by atoms with Crippen molar-refractivity contribution in [1.82, 2.24) is 9.55 Å². The molecule has 2 aromatic rings. The van der Waals surface area contributed by atoms with Gasteiger partial charge in [-0.2, -0.15) is 4.98 Å². The number of aromatic nitrogens is 2. The number of rotatable bonds is 6. The normalized spacial score (nSPS) is 18.3. The molecule has 11 nitrogen and oxygen atoms in total. The van der Waals surface area contributed by atoms with Crippen LogP contribution in [-0.2, 0) is 25.6 Å². The van der Waals surface area contributed by atoms with Gasteiger partial charge in [-0.3, -0.25) is 14.7 Å². The molecule has 0 radical (unpaired) electrons. The Kier molecular flexibility index (Phi) is 6.54. The fraction of sp³-hybridized carbons (Fsp3) is 0.333. The highest BCUT2D eigenvalue weighted by Gasteiger charge is 2.27. The molecule has 3 rings (SSSR count). The fourth-order valence-electron chi connectivity index (χ4n) is 2.50. The summed E-state index contributed by atoms with van der Waals surface area (Å²) in [5.74, 6) is -0.0282. The molecule has 2 heterocycles. The van der Waals surface area contributed by atoms with Crippen LogP contribution in [0.15, 0.2) is 41.3 Å². The van der Waals surface area contributed by atoms with Gasteiger partial charge >= 0.3 is 17.8 Å². The molecule has 0 spiro atoms. The summed E-state index contributed by atoms with van der Waals surface area (Å²) >= 11 is 0. The summed E-state index contributed by atoms with van der Waals surface area (Å²) in [6, 6.07) is 7.86. The van der Waals surface area contributed by atoms with Crippen LogP contribution in [0.3, 0.4) is 0 Å². The van der Waals surface area contributed by atoms with Gasteiger partial charge in [0.1, 0.15) is 18.2 Å². The van der Waals surface area contributed by atoms with E-state index in [9.17, 15) is 14.4 Å². The van der Waals surface area contributed by atoms with Crippen molar-refractivity contribution in [3.63, 3.8) is 0 Å². The molecule has 1 aromatic carbocycles. The first-order valence-electron chi connectivity index (χ1n) is 8.63. The van der Waals surface area contributed by atoms with Crippen molar-refractivity contribution in [2.24, 2.45) is 0 Å². The van der Waals surface area contributed by atoms with Crippen molar-refractivity contribution in [3.8, 4) is 5.75 Å².